The van der Waals surface area contributed by atoms with Gasteiger partial charge in [-0.15, -0.1) is 0 Å². The zero-order valence-electron chi connectivity index (χ0n) is 18.1. The third-order valence-corrected chi connectivity index (χ3v) is 5.53. The highest BCUT2D eigenvalue weighted by atomic mass is 79.9. The highest BCUT2D eigenvalue weighted by Crippen LogP contribution is 2.31. The number of amides is 4. The molecule has 2 unspecified atom stereocenters. The van der Waals surface area contributed by atoms with Crippen molar-refractivity contribution in [1.82, 2.24) is 15.0 Å². The topological polar surface area (TPSA) is 213 Å². The summed E-state index contributed by atoms with van der Waals surface area (Å²) in [5.74, 6) is -5.60. The fraction of sp³-hybridized carbons (Fsp3) is 0.316. The van der Waals surface area contributed by atoms with Crippen molar-refractivity contribution in [3.63, 3.8) is 0 Å². The van der Waals surface area contributed by atoms with Gasteiger partial charge in [0, 0.05) is 11.0 Å². The number of aliphatic hydroxyl groups is 2. The molecule has 0 aliphatic carbocycles. The van der Waals surface area contributed by atoms with Crippen LogP contribution in [0, 0.1) is 11.6 Å². The molecule has 1 aromatic heterocycles. The number of carboxylic acids is 1. The molecule has 0 spiro atoms. The van der Waals surface area contributed by atoms with E-state index in [0.717, 1.165) is 12.1 Å². The molecule has 0 fully saturated rings. The van der Waals surface area contributed by atoms with Gasteiger partial charge in [-0.3, -0.25) is 14.9 Å². The summed E-state index contributed by atoms with van der Waals surface area (Å²) in [6.07, 6.45) is -2.01. The van der Waals surface area contributed by atoms with E-state index in [1.165, 1.54) is 0 Å². The van der Waals surface area contributed by atoms with Gasteiger partial charge in [-0.1, -0.05) is 15.9 Å². The zero-order valence-corrected chi connectivity index (χ0v) is 20.5. The van der Waals surface area contributed by atoms with Crippen LogP contribution in [0.5, 0.6) is 5.88 Å². The number of aliphatic hydroxyl groups excluding tert-OH is 2. The molecule has 1 heterocycles. The third-order valence-electron chi connectivity index (χ3n) is 4.33. The minimum Gasteiger partial charge on any atom is -0.480 e. The molecule has 0 bridgehead atoms. The number of benzene rings is 1. The van der Waals surface area contributed by atoms with Crippen molar-refractivity contribution in [1.29, 1.82) is 0 Å². The van der Waals surface area contributed by atoms with Crippen LogP contribution in [0.1, 0.15) is 22.3 Å². The zero-order chi connectivity index (χ0) is 27.0. The van der Waals surface area contributed by atoms with E-state index in [1.807, 2.05) is 5.32 Å². The van der Waals surface area contributed by atoms with Crippen molar-refractivity contribution in [2.75, 3.05) is 18.5 Å². The first kappa shape index (κ1) is 28.8. The highest BCUT2D eigenvalue weighted by Gasteiger charge is 2.24. The first-order chi connectivity index (χ1) is 16.9. The normalized spacial score (nSPS) is 12.4. The first-order valence-electron chi connectivity index (χ1n) is 9.84. The Morgan fingerprint density at radius 2 is 1.86 bits per heavy atom. The van der Waals surface area contributed by atoms with Crippen LogP contribution in [-0.2, 0) is 16.2 Å². The second kappa shape index (κ2) is 13.1. The van der Waals surface area contributed by atoms with Crippen molar-refractivity contribution in [2.24, 2.45) is 5.73 Å². The Hall–Kier alpha value is -3.41. The molecule has 2 aromatic rings. The molecule has 13 nitrogen and oxygen atoms in total. The monoisotopic (exact) mass is 595 g/mol. The van der Waals surface area contributed by atoms with Crippen LogP contribution in [0.4, 0.5) is 18.6 Å². The van der Waals surface area contributed by atoms with Crippen molar-refractivity contribution >= 4 is 56.3 Å². The number of nitrogens with one attached hydrogen (secondary N) is 3. The van der Waals surface area contributed by atoms with Gasteiger partial charge in [0.2, 0.25) is 11.8 Å². The van der Waals surface area contributed by atoms with Gasteiger partial charge >= 0.3 is 12.0 Å². The molecule has 2 rings (SSSR count). The average molecular weight is 596 g/mol. The quantitative estimate of drug-likeness (QED) is 0.179. The second-order valence-electron chi connectivity index (χ2n) is 7.03. The maximum Gasteiger partial charge on any atom is 0.328 e. The minimum atomic E-state index is -1.55. The number of nitrogens with two attached hydrogens (primary N) is 1. The molecule has 17 heteroatoms. The second-order valence-corrected chi connectivity index (χ2v) is 8.72. The van der Waals surface area contributed by atoms with Gasteiger partial charge in [0.15, 0.2) is 0 Å². The van der Waals surface area contributed by atoms with E-state index in [2.05, 4.69) is 30.9 Å². The number of rotatable bonds is 12. The number of hydrogen-bond acceptors (Lipinski definition) is 9. The SMILES string of the molecule is NC(=O)c1c(OCc2c(F)cc(Br)cc2F)nsc1NC(=O)NCC(O)CC(=O)NC(CO)C(=O)O. The van der Waals surface area contributed by atoms with Crippen LogP contribution < -0.4 is 26.4 Å². The Morgan fingerprint density at radius 1 is 1.22 bits per heavy atom. The van der Waals surface area contributed by atoms with Gasteiger partial charge in [-0.2, -0.15) is 4.37 Å². The molecule has 36 heavy (non-hydrogen) atoms. The molecule has 0 radical (unpaired) electrons. The van der Waals surface area contributed by atoms with Crippen LogP contribution in [0.3, 0.4) is 0 Å². The Labute approximate surface area is 213 Å². The van der Waals surface area contributed by atoms with E-state index < -0.39 is 79.3 Å². The van der Waals surface area contributed by atoms with E-state index in [9.17, 15) is 33.1 Å². The summed E-state index contributed by atoms with van der Waals surface area (Å²) in [4.78, 5) is 46.5. The number of nitrogens with zero attached hydrogens (tertiary/aromatic N) is 1. The summed E-state index contributed by atoms with van der Waals surface area (Å²) in [6, 6.07) is -0.446. The fourth-order valence-corrected chi connectivity index (χ4v) is 3.75. The third kappa shape index (κ3) is 8.08. The molecule has 0 saturated carbocycles. The van der Waals surface area contributed by atoms with Crippen LogP contribution in [0.15, 0.2) is 16.6 Å². The minimum absolute atomic E-state index is 0.161. The predicted molar refractivity (Wildman–Crippen MR) is 123 cm³/mol. The maximum absolute atomic E-state index is 14.0. The van der Waals surface area contributed by atoms with Crippen LogP contribution in [-0.4, -0.2) is 68.8 Å². The molecule has 8 N–H and O–H groups in total. The summed E-state index contributed by atoms with van der Waals surface area (Å²) >= 11 is 3.53. The van der Waals surface area contributed by atoms with E-state index in [4.69, 9.17) is 20.7 Å². The summed E-state index contributed by atoms with van der Waals surface area (Å²) in [6.45, 7) is -1.94. The Kier molecular flexibility index (Phi) is 10.5. The number of carboxylic acid groups (broad SMARTS) is 1. The van der Waals surface area contributed by atoms with E-state index >= 15 is 0 Å². The van der Waals surface area contributed by atoms with Crippen molar-refractivity contribution in [3.05, 3.63) is 39.4 Å². The molecule has 196 valence electrons. The van der Waals surface area contributed by atoms with Crippen molar-refractivity contribution in [2.45, 2.75) is 25.2 Å². The number of carbonyl (C=O) groups is 4. The lowest BCUT2D eigenvalue weighted by molar-refractivity contribution is -0.143. The van der Waals surface area contributed by atoms with Crippen molar-refractivity contribution in [3.8, 4) is 5.88 Å². The number of urea groups is 1. The Balaban J connectivity index is 1.95. The Morgan fingerprint density at radius 3 is 2.42 bits per heavy atom. The van der Waals surface area contributed by atoms with E-state index in [0.29, 0.717) is 11.5 Å². The van der Waals surface area contributed by atoms with Gasteiger partial charge in [-0.25, -0.2) is 18.4 Å². The summed E-state index contributed by atoms with van der Waals surface area (Å²) in [5.41, 5.74) is 4.52. The molecule has 0 saturated heterocycles. The van der Waals surface area contributed by atoms with E-state index in [-0.39, 0.29) is 20.9 Å². The lowest BCUT2D eigenvalue weighted by atomic mass is 10.2. The summed E-state index contributed by atoms with van der Waals surface area (Å²) in [5, 5.41) is 33.8. The highest BCUT2D eigenvalue weighted by molar-refractivity contribution is 9.10. The number of aromatic nitrogens is 1. The van der Waals surface area contributed by atoms with Gasteiger partial charge < -0.3 is 36.4 Å². The fourth-order valence-electron chi connectivity index (χ4n) is 2.61. The number of primary amides is 1. The maximum atomic E-state index is 14.0. The van der Waals surface area contributed by atoms with Gasteiger partial charge in [-0.05, 0) is 23.7 Å². The molecule has 2 atom stereocenters. The number of carbonyl (C=O) groups excluding carboxylic acids is 3. The van der Waals surface area contributed by atoms with Gasteiger partial charge in [0.1, 0.15) is 34.8 Å². The molecular formula is C19H20BrF2N5O8S. The molecular weight excluding hydrogens is 576 g/mol. The van der Waals surface area contributed by atoms with Gasteiger partial charge in [0.25, 0.3) is 5.91 Å². The van der Waals surface area contributed by atoms with Crippen LogP contribution in [0.2, 0.25) is 0 Å². The molecule has 1 aromatic carbocycles. The van der Waals surface area contributed by atoms with Crippen LogP contribution >= 0.6 is 27.5 Å². The molecule has 0 aliphatic rings. The van der Waals surface area contributed by atoms with E-state index in [1.54, 1.807) is 0 Å². The smallest absolute Gasteiger partial charge is 0.328 e. The number of halogens is 3. The number of anilines is 1. The number of hydrogen-bond donors (Lipinski definition) is 7. The van der Waals surface area contributed by atoms with Crippen LogP contribution in [0.25, 0.3) is 0 Å². The van der Waals surface area contributed by atoms with Gasteiger partial charge in [0.05, 0.1) is 24.7 Å². The number of aliphatic carboxylic acids is 1. The number of ether oxygens (including phenoxy) is 1. The lowest BCUT2D eigenvalue weighted by Gasteiger charge is -2.15. The Bertz CT molecular complexity index is 1130. The average Bonchev–Trinajstić information content (AvgIpc) is 3.17. The summed E-state index contributed by atoms with van der Waals surface area (Å²) < 4.78 is 37.2. The predicted octanol–water partition coefficient (Wildman–Crippen LogP) is 0.296. The largest absolute Gasteiger partial charge is 0.480 e. The molecule has 0 aliphatic heterocycles. The summed E-state index contributed by atoms with van der Waals surface area (Å²) in [7, 11) is 0. The van der Waals surface area contributed by atoms with Crippen molar-refractivity contribution < 1.29 is 48.0 Å². The lowest BCUT2D eigenvalue weighted by Crippen LogP contribution is -2.45. The standard InChI is InChI=1S/C19H20BrF2N5O8S/c20-7-1-10(21)9(11(22)2-7)6-35-16-14(15(23)31)17(36-27-16)26-19(34)24-4-8(29)3-13(30)25-12(5-28)18(32)33/h1-2,8,12,28-29H,3-6H2,(H2,23,31)(H,25,30)(H,32,33)(H2,24,26,34). The first-order valence-corrected chi connectivity index (χ1v) is 11.4. The molecule has 4 amide bonds.